The molecule has 0 bridgehead atoms. The Hall–Kier alpha value is -2.64. The van der Waals surface area contributed by atoms with Gasteiger partial charge in [-0.2, -0.15) is 4.99 Å². The van der Waals surface area contributed by atoms with Gasteiger partial charge in [-0.25, -0.2) is 4.98 Å². The van der Waals surface area contributed by atoms with E-state index in [1.54, 1.807) is 13.1 Å². The largest absolute Gasteiger partial charge is 0.462 e. The maximum absolute atomic E-state index is 12.4. The number of carbonyl (C=O) groups is 1. The van der Waals surface area contributed by atoms with E-state index in [9.17, 15) is 4.79 Å². The molecule has 0 saturated carbocycles. The molecule has 0 N–H and O–H groups in total. The Morgan fingerprint density at radius 2 is 2.00 bits per heavy atom. The standard InChI is InChI=1S/C19H15N3O2S2/c1-12-8-9-14(24-12)10-16-17(23)22(2)19(26-16)21-18-20-15(11-25-18)13-6-4-3-5-7-13/h3-11H,1-2H3/b16-10+,21-19+. The number of hydrogen-bond donors (Lipinski definition) is 0. The molecule has 1 amide bonds. The number of thioether (sulfide) groups is 1. The van der Waals surface area contributed by atoms with Gasteiger partial charge in [0, 0.05) is 24.1 Å². The van der Waals surface area contributed by atoms with E-state index in [-0.39, 0.29) is 5.91 Å². The van der Waals surface area contributed by atoms with Crippen LogP contribution in [0.4, 0.5) is 5.13 Å². The first-order chi connectivity index (χ1) is 12.6. The van der Waals surface area contributed by atoms with Gasteiger partial charge in [0.2, 0.25) is 5.13 Å². The second-order valence-corrected chi connectivity index (χ2v) is 7.54. The summed E-state index contributed by atoms with van der Waals surface area (Å²) in [7, 11) is 1.72. The number of aryl methyl sites for hydroxylation is 1. The molecule has 1 fully saturated rings. The molecule has 1 saturated heterocycles. The molecule has 4 rings (SSSR count). The summed E-state index contributed by atoms with van der Waals surface area (Å²) in [6, 6.07) is 13.7. The Balaban J connectivity index is 1.59. The predicted molar refractivity (Wildman–Crippen MR) is 106 cm³/mol. The van der Waals surface area contributed by atoms with Crippen LogP contribution in [0.2, 0.25) is 0 Å². The highest BCUT2D eigenvalue weighted by atomic mass is 32.2. The van der Waals surface area contributed by atoms with Crippen LogP contribution in [0.3, 0.4) is 0 Å². The van der Waals surface area contributed by atoms with Crippen LogP contribution in [0.1, 0.15) is 11.5 Å². The number of nitrogens with zero attached hydrogens (tertiary/aromatic N) is 3. The zero-order chi connectivity index (χ0) is 18.1. The fourth-order valence-electron chi connectivity index (χ4n) is 2.45. The van der Waals surface area contributed by atoms with Crippen molar-refractivity contribution in [3.05, 3.63) is 64.3 Å². The van der Waals surface area contributed by atoms with Crippen LogP contribution in [0.25, 0.3) is 17.3 Å². The van der Waals surface area contributed by atoms with Gasteiger partial charge in [-0.1, -0.05) is 30.3 Å². The van der Waals surface area contributed by atoms with Gasteiger partial charge in [-0.05, 0) is 30.8 Å². The average molecular weight is 381 g/mol. The van der Waals surface area contributed by atoms with Gasteiger partial charge in [-0.3, -0.25) is 9.69 Å². The molecule has 3 heterocycles. The van der Waals surface area contributed by atoms with Crippen LogP contribution in [0.5, 0.6) is 0 Å². The van der Waals surface area contributed by atoms with E-state index in [2.05, 4.69) is 9.98 Å². The molecular formula is C19H15N3O2S2. The highest BCUT2D eigenvalue weighted by Gasteiger charge is 2.31. The fraction of sp³-hybridized carbons (Fsp3) is 0.105. The Labute approximate surface area is 159 Å². The summed E-state index contributed by atoms with van der Waals surface area (Å²) in [4.78, 5) is 23.7. The van der Waals surface area contributed by atoms with Gasteiger partial charge in [0.15, 0.2) is 5.17 Å². The lowest BCUT2D eigenvalue weighted by Gasteiger charge is -2.05. The van der Waals surface area contributed by atoms with E-state index >= 15 is 0 Å². The van der Waals surface area contributed by atoms with Crippen LogP contribution in [-0.2, 0) is 4.79 Å². The summed E-state index contributed by atoms with van der Waals surface area (Å²) in [5, 5.41) is 3.21. The van der Waals surface area contributed by atoms with Gasteiger partial charge in [0.1, 0.15) is 11.5 Å². The molecule has 0 radical (unpaired) electrons. The maximum Gasteiger partial charge on any atom is 0.266 e. The minimum atomic E-state index is -0.0948. The summed E-state index contributed by atoms with van der Waals surface area (Å²) in [5.41, 5.74) is 1.93. The predicted octanol–water partition coefficient (Wildman–Crippen LogP) is 4.95. The number of benzene rings is 1. The van der Waals surface area contributed by atoms with Crippen molar-refractivity contribution in [2.24, 2.45) is 4.99 Å². The molecule has 7 heteroatoms. The molecule has 1 aliphatic rings. The molecule has 26 heavy (non-hydrogen) atoms. The van der Waals surface area contributed by atoms with Gasteiger partial charge >= 0.3 is 0 Å². The average Bonchev–Trinajstić information content (AvgIpc) is 3.34. The van der Waals surface area contributed by atoms with E-state index in [1.807, 2.05) is 54.8 Å². The molecular weight excluding hydrogens is 366 g/mol. The Kier molecular flexibility index (Phi) is 4.48. The minimum absolute atomic E-state index is 0.0948. The summed E-state index contributed by atoms with van der Waals surface area (Å²) < 4.78 is 5.52. The van der Waals surface area contributed by atoms with Crippen LogP contribution >= 0.6 is 23.1 Å². The van der Waals surface area contributed by atoms with E-state index in [1.165, 1.54) is 28.0 Å². The summed E-state index contributed by atoms with van der Waals surface area (Å²) in [6.07, 6.45) is 1.75. The minimum Gasteiger partial charge on any atom is -0.462 e. The molecule has 2 aromatic heterocycles. The summed E-state index contributed by atoms with van der Waals surface area (Å²) in [5.74, 6) is 1.38. The molecule has 0 atom stereocenters. The number of likely N-dealkylation sites (N-methyl/N-ethyl adjacent to an activating group) is 1. The monoisotopic (exact) mass is 381 g/mol. The Bertz CT molecular complexity index is 1020. The van der Waals surface area contributed by atoms with Gasteiger partial charge in [-0.15, -0.1) is 11.3 Å². The van der Waals surface area contributed by atoms with E-state index in [0.717, 1.165) is 17.0 Å². The number of rotatable bonds is 3. The lowest BCUT2D eigenvalue weighted by molar-refractivity contribution is -0.121. The lowest BCUT2D eigenvalue weighted by atomic mass is 10.2. The highest BCUT2D eigenvalue weighted by Crippen LogP contribution is 2.35. The van der Waals surface area contributed by atoms with Crippen molar-refractivity contribution in [3.8, 4) is 11.3 Å². The zero-order valence-electron chi connectivity index (χ0n) is 14.2. The number of carbonyl (C=O) groups excluding carboxylic acids is 1. The molecule has 130 valence electrons. The van der Waals surface area contributed by atoms with Crippen molar-refractivity contribution in [2.45, 2.75) is 6.92 Å². The van der Waals surface area contributed by atoms with Crippen molar-refractivity contribution < 1.29 is 9.21 Å². The third-order valence-electron chi connectivity index (χ3n) is 3.79. The van der Waals surface area contributed by atoms with E-state index in [0.29, 0.717) is 21.0 Å². The first-order valence-corrected chi connectivity index (χ1v) is 9.63. The molecule has 5 nitrogen and oxygen atoms in total. The smallest absolute Gasteiger partial charge is 0.266 e. The third kappa shape index (κ3) is 3.36. The Morgan fingerprint density at radius 3 is 2.73 bits per heavy atom. The van der Waals surface area contributed by atoms with Crippen LogP contribution in [-0.4, -0.2) is 28.0 Å². The van der Waals surface area contributed by atoms with Crippen LogP contribution in [0, 0.1) is 6.92 Å². The molecule has 0 unspecified atom stereocenters. The van der Waals surface area contributed by atoms with Crippen LogP contribution < -0.4 is 0 Å². The lowest BCUT2D eigenvalue weighted by Crippen LogP contribution is -2.23. The first kappa shape index (κ1) is 16.8. The van der Waals surface area contributed by atoms with Gasteiger partial charge in [0.25, 0.3) is 5.91 Å². The maximum atomic E-state index is 12.4. The molecule has 1 aromatic carbocycles. The number of amides is 1. The Morgan fingerprint density at radius 1 is 1.19 bits per heavy atom. The van der Waals surface area contributed by atoms with Gasteiger partial charge in [0.05, 0.1) is 10.6 Å². The normalized spacial score (nSPS) is 17.6. The molecule has 3 aromatic rings. The topological polar surface area (TPSA) is 58.7 Å². The zero-order valence-corrected chi connectivity index (χ0v) is 15.8. The van der Waals surface area contributed by atoms with Crippen molar-refractivity contribution in [1.82, 2.24) is 9.88 Å². The van der Waals surface area contributed by atoms with E-state index in [4.69, 9.17) is 4.42 Å². The number of aromatic nitrogens is 1. The second-order valence-electron chi connectivity index (χ2n) is 5.70. The second kappa shape index (κ2) is 6.93. The fourth-order valence-corrected chi connectivity index (χ4v) is 4.15. The first-order valence-electron chi connectivity index (χ1n) is 7.94. The summed E-state index contributed by atoms with van der Waals surface area (Å²) >= 11 is 2.78. The quantitative estimate of drug-likeness (QED) is 0.603. The van der Waals surface area contributed by atoms with Crippen LogP contribution in [0.15, 0.2) is 62.2 Å². The molecule has 1 aliphatic heterocycles. The summed E-state index contributed by atoms with van der Waals surface area (Å²) in [6.45, 7) is 1.87. The van der Waals surface area contributed by atoms with Crippen molar-refractivity contribution in [1.29, 1.82) is 0 Å². The number of furan rings is 1. The van der Waals surface area contributed by atoms with Gasteiger partial charge < -0.3 is 4.42 Å². The van der Waals surface area contributed by atoms with E-state index < -0.39 is 0 Å². The number of amidine groups is 1. The highest BCUT2D eigenvalue weighted by molar-refractivity contribution is 8.18. The van der Waals surface area contributed by atoms with Crippen molar-refractivity contribution in [2.75, 3.05) is 7.05 Å². The number of hydrogen-bond acceptors (Lipinski definition) is 6. The number of aliphatic imine (C=N–C) groups is 1. The molecule has 0 aliphatic carbocycles. The third-order valence-corrected chi connectivity index (χ3v) is 5.59. The SMILES string of the molecule is Cc1ccc(/C=C2/S/C(=N/c3nc(-c4ccccc4)cs3)N(C)C2=O)o1. The van der Waals surface area contributed by atoms with Crippen molar-refractivity contribution in [3.63, 3.8) is 0 Å². The van der Waals surface area contributed by atoms with Crippen molar-refractivity contribution >= 4 is 45.4 Å². The molecule has 0 spiro atoms. The number of thiazole rings is 1.